The fourth-order valence-corrected chi connectivity index (χ4v) is 2.02. The molecular formula is C14H24N4O2. The van der Waals surface area contributed by atoms with Crippen LogP contribution in [0.3, 0.4) is 0 Å². The highest BCUT2D eigenvalue weighted by molar-refractivity contribution is 6.03. The van der Waals surface area contributed by atoms with E-state index in [0.717, 1.165) is 17.1 Å². The van der Waals surface area contributed by atoms with E-state index in [-0.39, 0.29) is 11.9 Å². The standard InChI is InChI=1S/C14H24N4O2/c1-9(2)20-7-6-18(5)12-8-10(3)16-11(4)13(12)14(15)17-19/h8-9,19H,6-7H2,1-5H3,(H2,15,17). The smallest absolute Gasteiger partial charge is 0.174 e. The van der Waals surface area contributed by atoms with Gasteiger partial charge in [0.25, 0.3) is 0 Å². The molecule has 1 heterocycles. The first-order valence-corrected chi connectivity index (χ1v) is 6.65. The Hall–Kier alpha value is -1.82. The second-order valence-corrected chi connectivity index (χ2v) is 5.07. The Morgan fingerprint density at radius 2 is 2.15 bits per heavy atom. The molecule has 0 aliphatic carbocycles. The van der Waals surface area contributed by atoms with Crippen molar-refractivity contribution in [3.05, 3.63) is 23.0 Å². The largest absolute Gasteiger partial charge is 0.409 e. The van der Waals surface area contributed by atoms with Crippen molar-refractivity contribution in [2.75, 3.05) is 25.1 Å². The molecule has 112 valence electrons. The number of rotatable bonds is 6. The summed E-state index contributed by atoms with van der Waals surface area (Å²) in [4.78, 5) is 6.39. The van der Waals surface area contributed by atoms with E-state index in [1.807, 2.05) is 45.7 Å². The van der Waals surface area contributed by atoms with Crippen LogP contribution in [0.25, 0.3) is 0 Å². The molecule has 0 amide bonds. The summed E-state index contributed by atoms with van der Waals surface area (Å²) in [5.41, 5.74) is 8.94. The number of aryl methyl sites for hydroxylation is 2. The lowest BCUT2D eigenvalue weighted by atomic mass is 10.1. The topological polar surface area (TPSA) is 84.0 Å². The van der Waals surface area contributed by atoms with Crippen LogP contribution in [-0.4, -0.2) is 42.3 Å². The van der Waals surface area contributed by atoms with E-state index < -0.39 is 0 Å². The molecule has 0 unspecified atom stereocenters. The maximum atomic E-state index is 8.93. The molecule has 0 saturated heterocycles. The summed E-state index contributed by atoms with van der Waals surface area (Å²) in [7, 11) is 1.95. The number of hydrogen-bond acceptors (Lipinski definition) is 5. The molecule has 0 aromatic carbocycles. The van der Waals surface area contributed by atoms with Gasteiger partial charge in [-0.25, -0.2) is 0 Å². The molecule has 0 fully saturated rings. The first kappa shape index (κ1) is 16.2. The van der Waals surface area contributed by atoms with E-state index in [1.54, 1.807) is 0 Å². The lowest BCUT2D eigenvalue weighted by molar-refractivity contribution is 0.0846. The molecule has 1 aromatic heterocycles. The van der Waals surface area contributed by atoms with E-state index in [4.69, 9.17) is 15.7 Å². The third-order valence-electron chi connectivity index (χ3n) is 2.96. The Morgan fingerprint density at radius 1 is 1.50 bits per heavy atom. The van der Waals surface area contributed by atoms with Gasteiger partial charge in [0.15, 0.2) is 5.84 Å². The van der Waals surface area contributed by atoms with Gasteiger partial charge < -0.3 is 20.6 Å². The van der Waals surface area contributed by atoms with Gasteiger partial charge in [0.05, 0.1) is 29.7 Å². The number of anilines is 1. The highest BCUT2D eigenvalue weighted by atomic mass is 16.5. The van der Waals surface area contributed by atoms with Crippen molar-refractivity contribution in [1.82, 2.24) is 4.98 Å². The lowest BCUT2D eigenvalue weighted by Gasteiger charge is -2.24. The number of pyridine rings is 1. The minimum atomic E-state index is 0.0710. The number of aromatic nitrogens is 1. The van der Waals surface area contributed by atoms with Crippen LogP contribution in [0.5, 0.6) is 0 Å². The summed E-state index contributed by atoms with van der Waals surface area (Å²) in [5, 5.41) is 12.0. The van der Waals surface area contributed by atoms with E-state index in [0.29, 0.717) is 18.7 Å². The van der Waals surface area contributed by atoms with Gasteiger partial charge in [0.2, 0.25) is 0 Å². The van der Waals surface area contributed by atoms with Crippen molar-refractivity contribution >= 4 is 11.5 Å². The second-order valence-electron chi connectivity index (χ2n) is 5.07. The average molecular weight is 280 g/mol. The fraction of sp³-hybridized carbons (Fsp3) is 0.571. The number of nitrogens with zero attached hydrogens (tertiary/aromatic N) is 3. The molecule has 0 aliphatic rings. The molecule has 6 heteroatoms. The zero-order valence-corrected chi connectivity index (χ0v) is 12.8. The first-order chi connectivity index (χ1) is 9.36. The van der Waals surface area contributed by atoms with Gasteiger partial charge >= 0.3 is 0 Å². The van der Waals surface area contributed by atoms with Gasteiger partial charge in [0, 0.05) is 19.3 Å². The van der Waals surface area contributed by atoms with Crippen molar-refractivity contribution in [2.24, 2.45) is 10.9 Å². The number of hydrogen-bond donors (Lipinski definition) is 2. The van der Waals surface area contributed by atoms with Crippen molar-refractivity contribution in [2.45, 2.75) is 33.8 Å². The summed E-state index contributed by atoms with van der Waals surface area (Å²) in [5.74, 6) is 0.0710. The predicted octanol–water partition coefficient (Wildman–Crippen LogP) is 1.65. The van der Waals surface area contributed by atoms with Crippen molar-refractivity contribution in [3.63, 3.8) is 0 Å². The van der Waals surface area contributed by atoms with Gasteiger partial charge in [-0.05, 0) is 33.8 Å². The molecule has 0 spiro atoms. The number of nitrogens with two attached hydrogens (primary N) is 1. The Bertz CT molecular complexity index is 486. The van der Waals surface area contributed by atoms with Gasteiger partial charge in [-0.1, -0.05) is 5.16 Å². The molecular weight excluding hydrogens is 256 g/mol. The summed E-state index contributed by atoms with van der Waals surface area (Å²) < 4.78 is 5.55. The minimum Gasteiger partial charge on any atom is -0.409 e. The summed E-state index contributed by atoms with van der Waals surface area (Å²) in [6, 6.07) is 1.93. The number of likely N-dealkylation sites (N-methyl/N-ethyl adjacent to an activating group) is 1. The minimum absolute atomic E-state index is 0.0710. The van der Waals surface area contributed by atoms with Gasteiger partial charge in [-0.15, -0.1) is 0 Å². The van der Waals surface area contributed by atoms with Crippen LogP contribution in [0.4, 0.5) is 5.69 Å². The molecule has 0 saturated carbocycles. The summed E-state index contributed by atoms with van der Waals surface area (Å²) >= 11 is 0. The fourth-order valence-electron chi connectivity index (χ4n) is 2.02. The number of ether oxygens (including phenoxy) is 1. The maximum absolute atomic E-state index is 8.93. The highest BCUT2D eigenvalue weighted by Crippen LogP contribution is 2.22. The molecule has 3 N–H and O–H groups in total. The quantitative estimate of drug-likeness (QED) is 0.358. The summed E-state index contributed by atoms with van der Waals surface area (Å²) in [6.45, 7) is 9.11. The van der Waals surface area contributed by atoms with E-state index in [9.17, 15) is 0 Å². The third-order valence-corrected chi connectivity index (χ3v) is 2.96. The maximum Gasteiger partial charge on any atom is 0.174 e. The van der Waals surface area contributed by atoms with Crippen molar-refractivity contribution < 1.29 is 9.94 Å². The van der Waals surface area contributed by atoms with Crippen LogP contribution in [-0.2, 0) is 4.74 Å². The zero-order chi connectivity index (χ0) is 15.3. The van der Waals surface area contributed by atoms with Crippen LogP contribution in [0.15, 0.2) is 11.2 Å². The molecule has 20 heavy (non-hydrogen) atoms. The average Bonchev–Trinajstić information content (AvgIpc) is 2.36. The molecule has 0 aliphatic heterocycles. The Morgan fingerprint density at radius 3 is 2.70 bits per heavy atom. The predicted molar refractivity (Wildman–Crippen MR) is 80.6 cm³/mol. The molecule has 0 bridgehead atoms. The van der Waals surface area contributed by atoms with Crippen LogP contribution in [0.2, 0.25) is 0 Å². The number of amidine groups is 1. The molecule has 6 nitrogen and oxygen atoms in total. The van der Waals surface area contributed by atoms with Crippen LogP contribution < -0.4 is 10.6 Å². The number of oxime groups is 1. The van der Waals surface area contributed by atoms with Gasteiger partial charge in [-0.2, -0.15) is 0 Å². The monoisotopic (exact) mass is 280 g/mol. The van der Waals surface area contributed by atoms with E-state index >= 15 is 0 Å². The SMILES string of the molecule is Cc1cc(N(C)CCOC(C)C)c(/C(N)=N/O)c(C)n1. The Labute approximate surface area is 120 Å². The normalized spacial score (nSPS) is 12.0. The molecule has 1 rings (SSSR count). The van der Waals surface area contributed by atoms with E-state index in [1.165, 1.54) is 0 Å². The van der Waals surface area contributed by atoms with Gasteiger partial charge in [0.1, 0.15) is 0 Å². The highest BCUT2D eigenvalue weighted by Gasteiger charge is 2.16. The molecule has 1 aromatic rings. The summed E-state index contributed by atoms with van der Waals surface area (Å²) in [6.07, 6.45) is 0.202. The lowest BCUT2D eigenvalue weighted by Crippen LogP contribution is -2.28. The van der Waals surface area contributed by atoms with E-state index in [2.05, 4.69) is 10.1 Å². The molecule has 0 atom stereocenters. The Kier molecular flexibility index (Phi) is 5.76. The Balaban J connectivity index is 3.03. The van der Waals surface area contributed by atoms with Crippen LogP contribution >= 0.6 is 0 Å². The second kappa shape index (κ2) is 7.09. The molecule has 0 radical (unpaired) electrons. The van der Waals surface area contributed by atoms with Crippen LogP contribution in [0.1, 0.15) is 30.8 Å². The van der Waals surface area contributed by atoms with Crippen molar-refractivity contribution in [3.8, 4) is 0 Å². The van der Waals surface area contributed by atoms with Crippen LogP contribution in [0, 0.1) is 13.8 Å². The zero-order valence-electron chi connectivity index (χ0n) is 12.8. The first-order valence-electron chi connectivity index (χ1n) is 6.65. The van der Waals surface area contributed by atoms with Gasteiger partial charge in [-0.3, -0.25) is 4.98 Å². The third kappa shape index (κ3) is 4.09. The van der Waals surface area contributed by atoms with Crippen molar-refractivity contribution in [1.29, 1.82) is 0 Å².